The molecule has 0 aliphatic heterocycles. The molecule has 7 nitrogen and oxygen atoms in total. The molecule has 0 fully saturated rings. The third-order valence-electron chi connectivity index (χ3n) is 2.69. The number of anilines is 1. The number of rotatable bonds is 4. The summed E-state index contributed by atoms with van der Waals surface area (Å²) in [4.78, 5) is 23.6. The molecule has 2 aromatic rings. The fraction of sp³-hybridized carbons (Fsp3) is 0.143. The SMILES string of the molecule is COc1cc(NC(=O)NC(=O)c2ccco2)c(OC)cc1Cl. The van der Waals surface area contributed by atoms with E-state index in [1.54, 1.807) is 6.07 Å². The highest BCUT2D eigenvalue weighted by molar-refractivity contribution is 6.32. The van der Waals surface area contributed by atoms with Gasteiger partial charge in [0, 0.05) is 12.1 Å². The number of amides is 3. The molecule has 3 amide bonds. The van der Waals surface area contributed by atoms with Gasteiger partial charge in [-0.15, -0.1) is 0 Å². The minimum absolute atomic E-state index is 0.0239. The Morgan fingerprint density at radius 1 is 1.18 bits per heavy atom. The number of hydrogen-bond donors (Lipinski definition) is 2. The quantitative estimate of drug-likeness (QED) is 0.902. The number of benzene rings is 1. The second-order valence-electron chi connectivity index (χ2n) is 4.07. The lowest BCUT2D eigenvalue weighted by Gasteiger charge is -2.13. The lowest BCUT2D eigenvalue weighted by Crippen LogP contribution is -2.34. The van der Waals surface area contributed by atoms with Gasteiger partial charge in [0.2, 0.25) is 0 Å². The number of carbonyl (C=O) groups is 2. The summed E-state index contributed by atoms with van der Waals surface area (Å²) in [6, 6.07) is 5.21. The van der Waals surface area contributed by atoms with Crippen molar-refractivity contribution in [2.24, 2.45) is 0 Å². The smallest absolute Gasteiger partial charge is 0.326 e. The molecular formula is C14H13ClN2O5. The first-order valence-corrected chi connectivity index (χ1v) is 6.50. The van der Waals surface area contributed by atoms with Crippen molar-refractivity contribution < 1.29 is 23.5 Å². The third-order valence-corrected chi connectivity index (χ3v) is 2.99. The molecular weight excluding hydrogens is 312 g/mol. The Morgan fingerprint density at radius 3 is 2.50 bits per heavy atom. The van der Waals surface area contributed by atoms with E-state index in [1.165, 1.54) is 38.7 Å². The second kappa shape index (κ2) is 6.86. The van der Waals surface area contributed by atoms with Gasteiger partial charge in [0.1, 0.15) is 11.5 Å². The zero-order valence-corrected chi connectivity index (χ0v) is 12.6. The van der Waals surface area contributed by atoms with Gasteiger partial charge in [0.15, 0.2) is 5.76 Å². The molecule has 22 heavy (non-hydrogen) atoms. The molecule has 0 aliphatic rings. The summed E-state index contributed by atoms with van der Waals surface area (Å²) < 4.78 is 15.1. The van der Waals surface area contributed by atoms with Gasteiger partial charge in [-0.1, -0.05) is 11.6 Å². The molecule has 0 spiro atoms. The Labute approximate surface area is 131 Å². The number of nitrogens with one attached hydrogen (secondary N) is 2. The van der Waals surface area contributed by atoms with E-state index in [-0.39, 0.29) is 5.76 Å². The molecule has 0 saturated carbocycles. The van der Waals surface area contributed by atoms with E-state index in [0.29, 0.717) is 22.2 Å². The fourth-order valence-electron chi connectivity index (χ4n) is 1.68. The van der Waals surface area contributed by atoms with Crippen molar-refractivity contribution in [3.05, 3.63) is 41.3 Å². The van der Waals surface area contributed by atoms with E-state index in [2.05, 4.69) is 10.6 Å². The minimum atomic E-state index is -0.746. The van der Waals surface area contributed by atoms with Crippen LogP contribution in [-0.4, -0.2) is 26.2 Å². The number of hydrogen-bond acceptors (Lipinski definition) is 5. The zero-order chi connectivity index (χ0) is 16.1. The van der Waals surface area contributed by atoms with Crippen LogP contribution in [0.3, 0.4) is 0 Å². The predicted molar refractivity (Wildman–Crippen MR) is 79.7 cm³/mol. The molecule has 1 aromatic carbocycles. The Balaban J connectivity index is 2.12. The molecule has 1 aromatic heterocycles. The Bertz CT molecular complexity index is 685. The highest BCUT2D eigenvalue weighted by atomic mass is 35.5. The van der Waals surface area contributed by atoms with E-state index in [0.717, 1.165) is 0 Å². The summed E-state index contributed by atoms with van der Waals surface area (Å²) in [7, 11) is 2.87. The number of imide groups is 1. The summed E-state index contributed by atoms with van der Waals surface area (Å²) in [5.41, 5.74) is 0.300. The molecule has 0 saturated heterocycles. The molecule has 0 radical (unpaired) electrons. The summed E-state index contributed by atoms with van der Waals surface area (Å²) in [6.45, 7) is 0. The van der Waals surface area contributed by atoms with Crippen LogP contribution < -0.4 is 20.1 Å². The van der Waals surface area contributed by atoms with E-state index >= 15 is 0 Å². The first kappa shape index (κ1) is 15.7. The largest absolute Gasteiger partial charge is 0.495 e. The second-order valence-corrected chi connectivity index (χ2v) is 4.48. The molecule has 116 valence electrons. The van der Waals surface area contributed by atoms with Crippen molar-refractivity contribution in [3.63, 3.8) is 0 Å². The molecule has 2 N–H and O–H groups in total. The number of urea groups is 1. The van der Waals surface area contributed by atoms with Gasteiger partial charge in [-0.25, -0.2) is 4.79 Å². The van der Waals surface area contributed by atoms with E-state index in [9.17, 15) is 9.59 Å². The van der Waals surface area contributed by atoms with Gasteiger partial charge in [-0.2, -0.15) is 0 Å². The van der Waals surface area contributed by atoms with Gasteiger partial charge >= 0.3 is 6.03 Å². The van der Waals surface area contributed by atoms with E-state index in [4.69, 9.17) is 25.5 Å². The van der Waals surface area contributed by atoms with Crippen molar-refractivity contribution in [2.45, 2.75) is 0 Å². The maximum absolute atomic E-state index is 11.9. The molecule has 0 aliphatic carbocycles. The first-order valence-electron chi connectivity index (χ1n) is 6.12. The predicted octanol–water partition coefficient (Wildman–Crippen LogP) is 2.91. The lowest BCUT2D eigenvalue weighted by atomic mass is 10.2. The van der Waals surface area contributed by atoms with Gasteiger partial charge in [0.25, 0.3) is 5.91 Å². The number of methoxy groups -OCH3 is 2. The molecule has 0 bridgehead atoms. The van der Waals surface area contributed by atoms with Crippen molar-refractivity contribution >= 4 is 29.2 Å². The monoisotopic (exact) mass is 324 g/mol. The standard InChI is InChI=1S/C14H13ClN2O5/c1-20-11-7-9(12(21-2)6-8(11)15)16-14(19)17-13(18)10-4-3-5-22-10/h3-7H,1-2H3,(H2,16,17,18,19). The van der Waals surface area contributed by atoms with Crippen LogP contribution in [0, 0.1) is 0 Å². The van der Waals surface area contributed by atoms with Crippen LogP contribution in [0.25, 0.3) is 0 Å². The van der Waals surface area contributed by atoms with Crippen LogP contribution in [0.15, 0.2) is 34.9 Å². The van der Waals surface area contributed by atoms with Crippen molar-refractivity contribution in [1.29, 1.82) is 0 Å². The van der Waals surface area contributed by atoms with Crippen molar-refractivity contribution in [3.8, 4) is 11.5 Å². The number of carbonyl (C=O) groups excluding carboxylic acids is 2. The van der Waals surface area contributed by atoms with Crippen LogP contribution in [0.5, 0.6) is 11.5 Å². The van der Waals surface area contributed by atoms with Crippen LogP contribution in [0.4, 0.5) is 10.5 Å². The van der Waals surface area contributed by atoms with E-state index in [1.807, 2.05) is 0 Å². The Hall–Kier alpha value is -2.67. The van der Waals surface area contributed by atoms with Gasteiger partial charge in [0.05, 0.1) is 31.2 Å². The van der Waals surface area contributed by atoms with E-state index < -0.39 is 11.9 Å². The van der Waals surface area contributed by atoms with Crippen LogP contribution in [0.2, 0.25) is 5.02 Å². The molecule has 0 atom stereocenters. The van der Waals surface area contributed by atoms with Gasteiger partial charge in [-0.3, -0.25) is 10.1 Å². The van der Waals surface area contributed by atoms with Gasteiger partial charge in [-0.05, 0) is 12.1 Å². The molecule has 2 rings (SSSR count). The highest BCUT2D eigenvalue weighted by Crippen LogP contribution is 2.35. The average Bonchev–Trinajstić information content (AvgIpc) is 3.02. The Kier molecular flexibility index (Phi) is 4.90. The third kappa shape index (κ3) is 3.50. The van der Waals surface area contributed by atoms with Crippen LogP contribution in [-0.2, 0) is 0 Å². The molecule has 8 heteroatoms. The summed E-state index contributed by atoms with van der Waals surface area (Å²) >= 11 is 5.97. The van der Waals surface area contributed by atoms with Gasteiger partial charge < -0.3 is 19.2 Å². The van der Waals surface area contributed by atoms with Crippen LogP contribution >= 0.6 is 11.6 Å². The lowest BCUT2D eigenvalue weighted by molar-refractivity contribution is 0.0940. The summed E-state index contributed by atoms with van der Waals surface area (Å²) in [5.74, 6) is 0.0414. The first-order chi connectivity index (χ1) is 10.5. The maximum atomic E-state index is 11.9. The normalized spacial score (nSPS) is 9.95. The number of furan rings is 1. The van der Waals surface area contributed by atoms with Crippen molar-refractivity contribution in [1.82, 2.24) is 5.32 Å². The Morgan fingerprint density at radius 2 is 1.91 bits per heavy atom. The van der Waals surface area contributed by atoms with Crippen molar-refractivity contribution in [2.75, 3.05) is 19.5 Å². The van der Waals surface area contributed by atoms with Crippen LogP contribution in [0.1, 0.15) is 10.6 Å². The topological polar surface area (TPSA) is 89.8 Å². The highest BCUT2D eigenvalue weighted by Gasteiger charge is 2.16. The number of ether oxygens (including phenoxy) is 2. The summed E-state index contributed by atoms with van der Waals surface area (Å²) in [5, 5.41) is 4.93. The fourth-order valence-corrected chi connectivity index (χ4v) is 1.91. The zero-order valence-electron chi connectivity index (χ0n) is 11.8. The molecule has 1 heterocycles. The summed E-state index contributed by atoms with van der Waals surface area (Å²) in [6.07, 6.45) is 1.33. The average molecular weight is 325 g/mol. The minimum Gasteiger partial charge on any atom is -0.495 e. The maximum Gasteiger partial charge on any atom is 0.326 e. The number of halogens is 1. The molecule has 0 unspecified atom stereocenters.